The molecule has 0 unspecified atom stereocenters. The fraction of sp³-hybridized carbons (Fsp3) is 0.393. The van der Waals surface area contributed by atoms with Crippen molar-refractivity contribution in [2.75, 3.05) is 38.1 Å². The molecular weight excluding hydrogens is 561 g/mol. The van der Waals surface area contributed by atoms with Crippen LogP contribution in [0.3, 0.4) is 0 Å². The minimum Gasteiger partial charge on any atom is -0.492 e. The molecular formula is C28H31Cl2N3O5S. The summed E-state index contributed by atoms with van der Waals surface area (Å²) in [5, 5.41) is 0.888. The van der Waals surface area contributed by atoms with Crippen molar-refractivity contribution in [2.24, 2.45) is 5.92 Å². The van der Waals surface area contributed by atoms with E-state index in [2.05, 4.69) is 21.7 Å². The summed E-state index contributed by atoms with van der Waals surface area (Å²) in [5.74, 6) is 1.85. The number of halogens is 2. The van der Waals surface area contributed by atoms with Gasteiger partial charge in [-0.25, -0.2) is 13.4 Å². The van der Waals surface area contributed by atoms with E-state index in [1.165, 1.54) is 6.07 Å². The molecule has 0 radical (unpaired) electrons. The van der Waals surface area contributed by atoms with Crippen molar-refractivity contribution < 1.29 is 22.6 Å². The first-order valence-corrected chi connectivity index (χ1v) is 15.1. The molecule has 3 heterocycles. The highest BCUT2D eigenvalue weighted by molar-refractivity contribution is 7.92. The summed E-state index contributed by atoms with van der Waals surface area (Å²) >= 11 is 12.6. The second-order valence-electron chi connectivity index (χ2n) is 9.97. The highest BCUT2D eigenvalue weighted by atomic mass is 35.5. The van der Waals surface area contributed by atoms with Crippen LogP contribution >= 0.6 is 23.2 Å². The molecule has 11 heteroatoms. The number of anilines is 1. The fourth-order valence-corrected chi connectivity index (χ4v) is 6.40. The molecule has 0 aliphatic carbocycles. The van der Waals surface area contributed by atoms with E-state index in [4.69, 9.17) is 37.4 Å². The van der Waals surface area contributed by atoms with Gasteiger partial charge < -0.3 is 19.1 Å². The first-order chi connectivity index (χ1) is 18.7. The zero-order valence-corrected chi connectivity index (χ0v) is 24.2. The van der Waals surface area contributed by atoms with Crippen molar-refractivity contribution in [3.63, 3.8) is 0 Å². The molecule has 0 bridgehead atoms. The number of likely N-dealkylation sites (tertiary alicyclic amines) is 1. The molecule has 8 nitrogen and oxygen atoms in total. The molecule has 0 spiro atoms. The van der Waals surface area contributed by atoms with E-state index < -0.39 is 10.0 Å². The van der Waals surface area contributed by atoms with Gasteiger partial charge in [-0.05, 0) is 81.2 Å². The van der Waals surface area contributed by atoms with Gasteiger partial charge in [-0.2, -0.15) is 0 Å². The maximum Gasteiger partial charge on any atom is 0.263 e. The lowest BCUT2D eigenvalue weighted by Gasteiger charge is -2.28. The Bertz CT molecular complexity index is 1460. The van der Waals surface area contributed by atoms with E-state index in [-0.39, 0.29) is 23.1 Å². The minimum absolute atomic E-state index is 0.0442. The molecule has 0 amide bonds. The standard InChI is InChI=1S/C28H31Cl2N3O5S/c1-18-22(29)4-3-5-25(18)39(34,35)32-28-27(26-21(15-31-28)10-13-36-26)38-17-20-6-7-23(30)24(14-20)37-16-19-8-11-33(2)12-9-19/h3-7,14-15,19H,8-13,16-17H2,1-2H3,(H,31,32). The number of nitrogens with zero attached hydrogens (tertiary/aromatic N) is 2. The summed E-state index contributed by atoms with van der Waals surface area (Å²) in [6, 6.07) is 10.2. The highest BCUT2D eigenvalue weighted by Crippen LogP contribution is 2.42. The number of pyridine rings is 1. The van der Waals surface area contributed by atoms with Crippen LogP contribution < -0.4 is 18.9 Å². The molecule has 39 heavy (non-hydrogen) atoms. The van der Waals surface area contributed by atoms with Gasteiger partial charge in [-0.1, -0.05) is 35.3 Å². The maximum atomic E-state index is 13.3. The van der Waals surface area contributed by atoms with Crippen LogP contribution in [0.4, 0.5) is 5.82 Å². The smallest absolute Gasteiger partial charge is 0.263 e. The Morgan fingerprint density at radius 1 is 1.13 bits per heavy atom. The van der Waals surface area contributed by atoms with Crippen LogP contribution in [0.2, 0.25) is 10.0 Å². The van der Waals surface area contributed by atoms with Gasteiger partial charge in [0.25, 0.3) is 10.0 Å². The van der Waals surface area contributed by atoms with Crippen LogP contribution in [0.15, 0.2) is 47.5 Å². The average Bonchev–Trinajstić information content (AvgIpc) is 3.39. The molecule has 1 aromatic heterocycles. The second kappa shape index (κ2) is 11.8. The predicted octanol–water partition coefficient (Wildman–Crippen LogP) is 5.73. The second-order valence-corrected chi connectivity index (χ2v) is 12.4. The van der Waals surface area contributed by atoms with E-state index in [1.54, 1.807) is 31.3 Å². The molecule has 0 saturated carbocycles. The molecule has 5 rings (SSSR count). The Morgan fingerprint density at radius 3 is 2.72 bits per heavy atom. The normalized spacial score (nSPS) is 16.0. The number of sulfonamides is 1. The first-order valence-electron chi connectivity index (χ1n) is 12.9. The molecule has 3 aromatic rings. The van der Waals surface area contributed by atoms with E-state index in [9.17, 15) is 8.42 Å². The van der Waals surface area contributed by atoms with E-state index in [1.807, 2.05) is 12.1 Å². The zero-order chi connectivity index (χ0) is 27.6. The number of benzene rings is 2. The number of rotatable bonds is 9. The summed E-state index contributed by atoms with van der Waals surface area (Å²) in [6.07, 6.45) is 4.46. The van der Waals surface area contributed by atoms with Gasteiger partial charge in [0, 0.05) is 23.2 Å². The van der Waals surface area contributed by atoms with Crippen LogP contribution in [0.1, 0.15) is 29.5 Å². The third-order valence-corrected chi connectivity index (χ3v) is 9.32. The third kappa shape index (κ3) is 6.38. The van der Waals surface area contributed by atoms with Crippen LogP contribution in [-0.2, 0) is 23.1 Å². The molecule has 0 atom stereocenters. The number of piperidine rings is 1. The van der Waals surface area contributed by atoms with Gasteiger partial charge in [-0.3, -0.25) is 4.72 Å². The van der Waals surface area contributed by atoms with Gasteiger partial charge in [-0.15, -0.1) is 0 Å². The summed E-state index contributed by atoms with van der Waals surface area (Å²) in [6.45, 7) is 4.99. The molecule has 2 aromatic carbocycles. The number of nitrogens with one attached hydrogen (secondary N) is 1. The van der Waals surface area contributed by atoms with E-state index in [0.29, 0.717) is 52.7 Å². The Morgan fingerprint density at radius 2 is 1.92 bits per heavy atom. The molecule has 1 fully saturated rings. The summed E-state index contributed by atoms with van der Waals surface area (Å²) < 4.78 is 47.2. The van der Waals surface area contributed by atoms with E-state index >= 15 is 0 Å². The zero-order valence-electron chi connectivity index (χ0n) is 21.9. The van der Waals surface area contributed by atoms with Crippen molar-refractivity contribution in [1.29, 1.82) is 0 Å². The number of aromatic nitrogens is 1. The van der Waals surface area contributed by atoms with Gasteiger partial charge in [0.1, 0.15) is 12.4 Å². The molecule has 2 aliphatic rings. The third-order valence-electron chi connectivity index (χ3n) is 7.11. The Balaban J connectivity index is 1.34. The molecule has 1 saturated heterocycles. The van der Waals surface area contributed by atoms with Crippen LogP contribution in [0.25, 0.3) is 0 Å². The maximum absolute atomic E-state index is 13.3. The number of hydrogen-bond donors (Lipinski definition) is 1. The average molecular weight is 593 g/mol. The summed E-state index contributed by atoms with van der Waals surface area (Å²) in [4.78, 5) is 6.75. The van der Waals surface area contributed by atoms with Crippen molar-refractivity contribution >= 4 is 39.0 Å². The predicted molar refractivity (Wildman–Crippen MR) is 152 cm³/mol. The Labute approximate surface area is 239 Å². The highest BCUT2D eigenvalue weighted by Gasteiger charge is 2.27. The van der Waals surface area contributed by atoms with Gasteiger partial charge in [0.2, 0.25) is 5.75 Å². The van der Waals surface area contributed by atoms with Gasteiger partial charge >= 0.3 is 0 Å². The lowest BCUT2D eigenvalue weighted by atomic mass is 9.98. The SMILES string of the molecule is Cc1c(Cl)cccc1S(=O)(=O)Nc1ncc2c(c1OCc1ccc(Cl)c(OCC3CCN(C)CC3)c1)OCC2. The Hall–Kier alpha value is -2.72. The van der Waals surface area contributed by atoms with Gasteiger partial charge in [0.15, 0.2) is 11.6 Å². The molecule has 208 valence electrons. The number of ether oxygens (including phenoxy) is 3. The van der Waals surface area contributed by atoms with Crippen LogP contribution in [-0.4, -0.2) is 51.7 Å². The molecule has 1 N–H and O–H groups in total. The summed E-state index contributed by atoms with van der Waals surface area (Å²) in [7, 11) is -1.86. The topological polar surface area (TPSA) is 90.0 Å². The van der Waals surface area contributed by atoms with Crippen LogP contribution in [0.5, 0.6) is 17.2 Å². The van der Waals surface area contributed by atoms with Gasteiger partial charge in [0.05, 0.1) is 23.1 Å². The van der Waals surface area contributed by atoms with Crippen molar-refractivity contribution in [3.05, 3.63) is 69.3 Å². The monoisotopic (exact) mass is 591 g/mol. The van der Waals surface area contributed by atoms with Crippen molar-refractivity contribution in [2.45, 2.75) is 37.7 Å². The van der Waals surface area contributed by atoms with Crippen LogP contribution in [0, 0.1) is 12.8 Å². The first kappa shape index (κ1) is 27.8. The largest absolute Gasteiger partial charge is 0.492 e. The van der Waals surface area contributed by atoms with E-state index in [0.717, 1.165) is 37.1 Å². The fourth-order valence-electron chi connectivity index (χ4n) is 4.72. The van der Waals surface area contributed by atoms with Crippen molar-refractivity contribution in [1.82, 2.24) is 9.88 Å². The summed E-state index contributed by atoms with van der Waals surface area (Å²) in [5.41, 5.74) is 2.11. The number of fused-ring (bicyclic) bond motifs is 1. The quantitative estimate of drug-likeness (QED) is 0.339. The van der Waals surface area contributed by atoms with Crippen molar-refractivity contribution in [3.8, 4) is 17.2 Å². The Kier molecular flexibility index (Phi) is 8.42. The lowest BCUT2D eigenvalue weighted by molar-refractivity contribution is 0.160. The number of hydrogen-bond acceptors (Lipinski definition) is 7. The lowest BCUT2D eigenvalue weighted by Crippen LogP contribution is -2.32. The minimum atomic E-state index is -4.00. The molecule has 2 aliphatic heterocycles.